The minimum Gasteiger partial charge on any atom is -0.491 e. The average molecular weight is 289 g/mol. The molecule has 0 spiro atoms. The predicted molar refractivity (Wildman–Crippen MR) is 79.7 cm³/mol. The fourth-order valence-corrected chi connectivity index (χ4v) is 2.26. The molecule has 3 rings (SSSR count). The van der Waals surface area contributed by atoms with Gasteiger partial charge in [0.1, 0.15) is 5.75 Å². The van der Waals surface area contributed by atoms with E-state index in [9.17, 15) is 4.79 Å². The van der Waals surface area contributed by atoms with E-state index >= 15 is 0 Å². The molecule has 2 aromatic rings. The Morgan fingerprint density at radius 3 is 2.70 bits per heavy atom. The Morgan fingerprint density at radius 1 is 1.10 bits per heavy atom. The van der Waals surface area contributed by atoms with Crippen molar-refractivity contribution in [3.8, 4) is 5.75 Å². The summed E-state index contributed by atoms with van der Waals surface area (Å²) < 4.78 is 5.54. The molecule has 2 amide bonds. The molecule has 1 aliphatic rings. The Kier molecular flexibility index (Phi) is 3.48. The standard InChI is InChI=1S/C15H13ClN2O2/c16-11-4-6-12(7-5-11)17-15(19)18-13-3-1-2-10-8-9-20-14(10)13/h1-7H,8-9H2,(H2,17,18,19). The number of nitrogens with one attached hydrogen (secondary N) is 2. The minimum atomic E-state index is -0.309. The van der Waals surface area contributed by atoms with Crippen LogP contribution in [0.4, 0.5) is 16.2 Å². The number of para-hydroxylation sites is 1. The molecule has 0 aliphatic carbocycles. The van der Waals surface area contributed by atoms with Crippen LogP contribution in [0.2, 0.25) is 5.02 Å². The lowest BCUT2D eigenvalue weighted by molar-refractivity contribution is 0.262. The number of carbonyl (C=O) groups is 1. The lowest BCUT2D eigenvalue weighted by Gasteiger charge is -2.10. The molecule has 0 unspecified atom stereocenters. The van der Waals surface area contributed by atoms with Gasteiger partial charge in [-0.2, -0.15) is 0 Å². The van der Waals surface area contributed by atoms with Gasteiger partial charge < -0.3 is 15.4 Å². The van der Waals surface area contributed by atoms with Crippen LogP contribution in [0.3, 0.4) is 0 Å². The second-order valence-corrected chi connectivity index (χ2v) is 4.91. The first-order valence-corrected chi connectivity index (χ1v) is 6.68. The molecule has 1 heterocycles. The molecule has 0 fully saturated rings. The quantitative estimate of drug-likeness (QED) is 0.880. The first-order chi connectivity index (χ1) is 9.72. The summed E-state index contributed by atoms with van der Waals surface area (Å²) in [5.74, 6) is 0.763. The average Bonchev–Trinajstić information content (AvgIpc) is 2.91. The maximum Gasteiger partial charge on any atom is 0.323 e. The number of halogens is 1. The van der Waals surface area contributed by atoms with Gasteiger partial charge in [0.2, 0.25) is 0 Å². The van der Waals surface area contributed by atoms with E-state index in [1.165, 1.54) is 0 Å². The molecule has 0 saturated carbocycles. The van der Waals surface area contributed by atoms with Gasteiger partial charge in [0.25, 0.3) is 0 Å². The molecule has 0 aromatic heterocycles. The zero-order valence-electron chi connectivity index (χ0n) is 10.7. The fourth-order valence-electron chi connectivity index (χ4n) is 2.13. The number of carbonyl (C=O) groups excluding carboxylic acids is 1. The van der Waals surface area contributed by atoms with Crippen molar-refractivity contribution < 1.29 is 9.53 Å². The molecule has 2 aromatic carbocycles. The third-order valence-electron chi connectivity index (χ3n) is 3.06. The molecule has 0 radical (unpaired) electrons. The zero-order valence-corrected chi connectivity index (χ0v) is 11.4. The number of anilines is 2. The van der Waals surface area contributed by atoms with Gasteiger partial charge >= 0.3 is 6.03 Å². The molecule has 4 nitrogen and oxygen atoms in total. The van der Waals surface area contributed by atoms with Crippen molar-refractivity contribution in [1.29, 1.82) is 0 Å². The number of amides is 2. The van der Waals surface area contributed by atoms with Crippen LogP contribution in [0, 0.1) is 0 Å². The van der Waals surface area contributed by atoms with Crippen LogP contribution in [0.5, 0.6) is 5.75 Å². The van der Waals surface area contributed by atoms with Crippen LogP contribution >= 0.6 is 11.6 Å². The lowest BCUT2D eigenvalue weighted by atomic mass is 10.1. The van der Waals surface area contributed by atoms with Crippen LogP contribution < -0.4 is 15.4 Å². The van der Waals surface area contributed by atoms with Gasteiger partial charge in [-0.3, -0.25) is 0 Å². The van der Waals surface area contributed by atoms with Crippen LogP contribution in [-0.2, 0) is 6.42 Å². The van der Waals surface area contributed by atoms with Crippen molar-refractivity contribution in [1.82, 2.24) is 0 Å². The van der Waals surface area contributed by atoms with Crippen molar-refractivity contribution in [2.75, 3.05) is 17.2 Å². The van der Waals surface area contributed by atoms with Crippen molar-refractivity contribution >= 4 is 29.0 Å². The number of hydrogen-bond donors (Lipinski definition) is 2. The largest absolute Gasteiger partial charge is 0.491 e. The number of urea groups is 1. The number of rotatable bonds is 2. The Bertz CT molecular complexity index is 641. The Balaban J connectivity index is 1.70. The van der Waals surface area contributed by atoms with Gasteiger partial charge in [0.15, 0.2) is 0 Å². The van der Waals surface area contributed by atoms with Gasteiger partial charge in [0.05, 0.1) is 12.3 Å². The Hall–Kier alpha value is -2.20. The van der Waals surface area contributed by atoms with Crippen molar-refractivity contribution in [3.63, 3.8) is 0 Å². The van der Waals surface area contributed by atoms with Crippen LogP contribution in [0.25, 0.3) is 0 Å². The maximum atomic E-state index is 12.0. The summed E-state index contributed by atoms with van der Waals surface area (Å²) in [6.07, 6.45) is 0.879. The summed E-state index contributed by atoms with van der Waals surface area (Å²) >= 11 is 5.80. The monoisotopic (exact) mass is 288 g/mol. The van der Waals surface area contributed by atoms with E-state index in [-0.39, 0.29) is 6.03 Å². The highest BCUT2D eigenvalue weighted by atomic mass is 35.5. The first kappa shape index (κ1) is 12.8. The van der Waals surface area contributed by atoms with Crippen LogP contribution in [0.15, 0.2) is 42.5 Å². The number of hydrogen-bond acceptors (Lipinski definition) is 2. The fraction of sp³-hybridized carbons (Fsp3) is 0.133. The van der Waals surface area contributed by atoms with E-state index in [0.29, 0.717) is 23.0 Å². The summed E-state index contributed by atoms with van der Waals surface area (Å²) in [7, 11) is 0. The normalized spacial score (nSPS) is 12.4. The van der Waals surface area contributed by atoms with Gasteiger partial charge in [-0.15, -0.1) is 0 Å². The maximum absolute atomic E-state index is 12.0. The predicted octanol–water partition coefficient (Wildman–Crippen LogP) is 3.92. The van der Waals surface area contributed by atoms with E-state index in [1.807, 2.05) is 18.2 Å². The van der Waals surface area contributed by atoms with E-state index in [0.717, 1.165) is 17.7 Å². The van der Waals surface area contributed by atoms with E-state index in [2.05, 4.69) is 10.6 Å². The second kappa shape index (κ2) is 5.43. The molecule has 2 N–H and O–H groups in total. The van der Waals surface area contributed by atoms with E-state index < -0.39 is 0 Å². The van der Waals surface area contributed by atoms with Gasteiger partial charge in [-0.25, -0.2) is 4.79 Å². The topological polar surface area (TPSA) is 50.4 Å². The molecular weight excluding hydrogens is 276 g/mol. The molecule has 0 bridgehead atoms. The molecule has 5 heteroatoms. The molecule has 20 heavy (non-hydrogen) atoms. The third-order valence-corrected chi connectivity index (χ3v) is 3.32. The van der Waals surface area contributed by atoms with Crippen molar-refractivity contribution in [2.24, 2.45) is 0 Å². The summed E-state index contributed by atoms with van der Waals surface area (Å²) in [5, 5.41) is 6.17. The Labute approximate surface area is 121 Å². The van der Waals surface area contributed by atoms with Gasteiger partial charge in [-0.05, 0) is 35.9 Å². The first-order valence-electron chi connectivity index (χ1n) is 6.30. The zero-order chi connectivity index (χ0) is 13.9. The lowest BCUT2D eigenvalue weighted by Crippen LogP contribution is -2.19. The highest BCUT2D eigenvalue weighted by Gasteiger charge is 2.17. The Morgan fingerprint density at radius 2 is 1.90 bits per heavy atom. The second-order valence-electron chi connectivity index (χ2n) is 4.48. The van der Waals surface area contributed by atoms with Crippen LogP contribution in [0.1, 0.15) is 5.56 Å². The van der Waals surface area contributed by atoms with E-state index in [4.69, 9.17) is 16.3 Å². The summed E-state index contributed by atoms with van der Waals surface area (Å²) in [6, 6.07) is 12.4. The number of ether oxygens (including phenoxy) is 1. The number of benzene rings is 2. The molecule has 102 valence electrons. The molecule has 0 atom stereocenters. The van der Waals surface area contributed by atoms with Gasteiger partial charge in [0, 0.05) is 17.1 Å². The van der Waals surface area contributed by atoms with Crippen LogP contribution in [-0.4, -0.2) is 12.6 Å². The summed E-state index contributed by atoms with van der Waals surface area (Å²) in [4.78, 5) is 12.0. The van der Waals surface area contributed by atoms with Crippen molar-refractivity contribution in [3.05, 3.63) is 53.1 Å². The van der Waals surface area contributed by atoms with Gasteiger partial charge in [-0.1, -0.05) is 23.7 Å². The summed E-state index contributed by atoms with van der Waals surface area (Å²) in [6.45, 7) is 0.660. The number of fused-ring (bicyclic) bond motifs is 1. The van der Waals surface area contributed by atoms with E-state index in [1.54, 1.807) is 24.3 Å². The SMILES string of the molecule is O=C(Nc1ccc(Cl)cc1)Nc1cccc2c1OCC2. The summed E-state index contributed by atoms with van der Waals surface area (Å²) in [5.41, 5.74) is 2.49. The smallest absolute Gasteiger partial charge is 0.323 e. The highest BCUT2D eigenvalue weighted by molar-refractivity contribution is 6.30. The highest BCUT2D eigenvalue weighted by Crippen LogP contribution is 2.33. The van der Waals surface area contributed by atoms with Crippen molar-refractivity contribution in [2.45, 2.75) is 6.42 Å². The minimum absolute atomic E-state index is 0.309. The molecule has 1 aliphatic heterocycles. The third kappa shape index (κ3) is 2.70. The molecule has 0 saturated heterocycles. The molecular formula is C15H13ClN2O2.